The van der Waals surface area contributed by atoms with Crippen LogP contribution in [0.5, 0.6) is 0 Å². The molecule has 0 aromatic rings. The summed E-state index contributed by atoms with van der Waals surface area (Å²) in [5.74, 6) is 0.308. The Bertz CT molecular complexity index is 421. The number of hydrogen-bond donors (Lipinski definition) is 1. The second-order valence-corrected chi connectivity index (χ2v) is 7.90. The van der Waals surface area contributed by atoms with E-state index in [1.807, 2.05) is 0 Å². The second-order valence-electron chi connectivity index (χ2n) is 7.90. The number of esters is 1. The van der Waals surface area contributed by atoms with Crippen LogP contribution in [0.1, 0.15) is 52.4 Å². The minimum Gasteiger partial charge on any atom is -0.462 e. The van der Waals surface area contributed by atoms with Crippen LogP contribution in [0.2, 0.25) is 0 Å². The molecular formula is C16H24O3. The van der Waals surface area contributed by atoms with Crippen LogP contribution in [0.15, 0.2) is 12.2 Å². The fraction of sp³-hybridized carbons (Fsp3) is 0.812. The van der Waals surface area contributed by atoms with E-state index in [1.165, 1.54) is 6.42 Å². The Hall–Kier alpha value is -0.830. The first-order valence-corrected chi connectivity index (χ1v) is 7.28. The summed E-state index contributed by atoms with van der Waals surface area (Å²) < 4.78 is 5.43. The van der Waals surface area contributed by atoms with Crippen molar-refractivity contribution in [2.45, 2.75) is 58.0 Å². The van der Waals surface area contributed by atoms with E-state index in [2.05, 4.69) is 13.5 Å². The quantitative estimate of drug-likeness (QED) is 0.630. The van der Waals surface area contributed by atoms with Gasteiger partial charge in [0.25, 0.3) is 0 Å². The van der Waals surface area contributed by atoms with E-state index in [0.717, 1.165) is 32.1 Å². The van der Waals surface area contributed by atoms with Gasteiger partial charge in [0.2, 0.25) is 0 Å². The maximum Gasteiger partial charge on any atom is 0.333 e. The summed E-state index contributed by atoms with van der Waals surface area (Å²) in [6.45, 7) is 8.04. The molecule has 4 atom stereocenters. The van der Waals surface area contributed by atoms with Gasteiger partial charge in [0.15, 0.2) is 0 Å². The predicted molar refractivity (Wildman–Crippen MR) is 72.5 cm³/mol. The Balaban J connectivity index is 1.77. The molecule has 1 N–H and O–H groups in total. The van der Waals surface area contributed by atoms with Gasteiger partial charge in [0.05, 0.1) is 12.2 Å². The molecule has 3 heteroatoms. The van der Waals surface area contributed by atoms with E-state index >= 15 is 0 Å². The average molecular weight is 264 g/mol. The van der Waals surface area contributed by atoms with Crippen molar-refractivity contribution < 1.29 is 14.6 Å². The molecule has 19 heavy (non-hydrogen) atoms. The van der Waals surface area contributed by atoms with Gasteiger partial charge in [-0.15, -0.1) is 0 Å². The highest BCUT2D eigenvalue weighted by molar-refractivity contribution is 5.86. The molecule has 3 nitrogen and oxygen atoms in total. The lowest BCUT2D eigenvalue weighted by Crippen LogP contribution is -2.60. The van der Waals surface area contributed by atoms with Gasteiger partial charge in [0.1, 0.15) is 0 Å². The third-order valence-electron chi connectivity index (χ3n) is 5.29. The predicted octanol–water partition coefficient (Wildman–Crippen LogP) is 2.83. The van der Waals surface area contributed by atoms with Crippen molar-refractivity contribution in [3.8, 4) is 0 Å². The molecule has 0 amide bonds. The molecule has 106 valence electrons. The third-order valence-corrected chi connectivity index (χ3v) is 5.29. The molecule has 0 spiro atoms. The van der Waals surface area contributed by atoms with E-state index in [1.54, 1.807) is 6.92 Å². The molecule has 0 aromatic heterocycles. The highest BCUT2D eigenvalue weighted by Crippen LogP contribution is 2.66. The second kappa shape index (κ2) is 3.85. The van der Waals surface area contributed by atoms with E-state index in [0.29, 0.717) is 18.1 Å². The molecule has 0 aromatic carbocycles. The van der Waals surface area contributed by atoms with Gasteiger partial charge in [-0.05, 0) is 56.8 Å². The monoisotopic (exact) mass is 264 g/mol. The maximum absolute atomic E-state index is 11.6. The summed E-state index contributed by atoms with van der Waals surface area (Å²) in [6.07, 6.45) is 6.09. The van der Waals surface area contributed by atoms with Crippen LogP contribution in [-0.2, 0) is 9.53 Å². The molecule has 0 radical (unpaired) electrons. The molecule has 0 aliphatic heterocycles. The van der Waals surface area contributed by atoms with Crippen LogP contribution < -0.4 is 0 Å². The molecule has 4 bridgehead atoms. The van der Waals surface area contributed by atoms with Gasteiger partial charge in [-0.3, -0.25) is 0 Å². The Morgan fingerprint density at radius 1 is 1.32 bits per heavy atom. The van der Waals surface area contributed by atoms with E-state index in [9.17, 15) is 9.90 Å². The van der Waals surface area contributed by atoms with Crippen molar-refractivity contribution in [3.63, 3.8) is 0 Å². The largest absolute Gasteiger partial charge is 0.462 e. The van der Waals surface area contributed by atoms with Gasteiger partial charge in [-0.2, -0.15) is 0 Å². The van der Waals surface area contributed by atoms with Crippen molar-refractivity contribution in [1.82, 2.24) is 0 Å². The fourth-order valence-electron chi connectivity index (χ4n) is 5.58. The Morgan fingerprint density at radius 3 is 2.63 bits per heavy atom. The summed E-state index contributed by atoms with van der Waals surface area (Å²) >= 11 is 0. The van der Waals surface area contributed by atoms with E-state index in [-0.39, 0.29) is 16.8 Å². The zero-order valence-electron chi connectivity index (χ0n) is 12.0. The van der Waals surface area contributed by atoms with Crippen LogP contribution in [0.25, 0.3) is 0 Å². The number of hydrogen-bond acceptors (Lipinski definition) is 3. The van der Waals surface area contributed by atoms with Crippen molar-refractivity contribution >= 4 is 5.97 Å². The summed E-state index contributed by atoms with van der Waals surface area (Å²) in [6, 6.07) is 0. The van der Waals surface area contributed by atoms with Crippen LogP contribution in [0.3, 0.4) is 0 Å². The molecule has 4 aliphatic rings. The molecule has 0 saturated heterocycles. The van der Waals surface area contributed by atoms with Crippen molar-refractivity contribution in [2.75, 3.05) is 6.61 Å². The minimum absolute atomic E-state index is 0.00796. The van der Waals surface area contributed by atoms with Gasteiger partial charge in [-0.25, -0.2) is 4.79 Å². The number of carbonyl (C=O) groups excluding carboxylic acids is 1. The highest BCUT2D eigenvalue weighted by Gasteiger charge is 2.61. The van der Waals surface area contributed by atoms with E-state index < -0.39 is 5.60 Å². The van der Waals surface area contributed by atoms with Gasteiger partial charge >= 0.3 is 5.97 Å². The topological polar surface area (TPSA) is 46.5 Å². The number of ether oxygens (including phenoxy) is 1. The van der Waals surface area contributed by atoms with Gasteiger partial charge in [0, 0.05) is 11.0 Å². The SMILES string of the molecule is C=C(C)C(=O)OCC12CC3CC(C)(CC(O)(C3)C1)C2. The first-order valence-electron chi connectivity index (χ1n) is 7.28. The highest BCUT2D eigenvalue weighted by atomic mass is 16.5. The number of carbonyl (C=O) groups is 1. The minimum atomic E-state index is -0.510. The Kier molecular flexibility index (Phi) is 2.66. The van der Waals surface area contributed by atoms with Crippen molar-refractivity contribution in [1.29, 1.82) is 0 Å². The molecular weight excluding hydrogens is 240 g/mol. The summed E-state index contributed by atoms with van der Waals surface area (Å²) in [4.78, 5) is 11.6. The summed E-state index contributed by atoms with van der Waals surface area (Å²) in [5.41, 5.74) is 0.191. The van der Waals surface area contributed by atoms with Crippen LogP contribution in [0.4, 0.5) is 0 Å². The van der Waals surface area contributed by atoms with Crippen molar-refractivity contribution in [3.05, 3.63) is 12.2 Å². The lowest BCUT2D eigenvalue weighted by Gasteiger charge is -2.64. The summed E-state index contributed by atoms with van der Waals surface area (Å²) in [5, 5.41) is 10.7. The fourth-order valence-corrected chi connectivity index (χ4v) is 5.58. The number of rotatable bonds is 3. The van der Waals surface area contributed by atoms with Crippen molar-refractivity contribution in [2.24, 2.45) is 16.7 Å². The first-order chi connectivity index (χ1) is 8.73. The Morgan fingerprint density at radius 2 is 2.05 bits per heavy atom. The summed E-state index contributed by atoms with van der Waals surface area (Å²) in [7, 11) is 0. The van der Waals surface area contributed by atoms with Gasteiger partial charge < -0.3 is 9.84 Å². The smallest absolute Gasteiger partial charge is 0.333 e. The molecule has 4 rings (SSSR count). The molecule has 0 heterocycles. The normalized spacial score (nSPS) is 47.2. The van der Waals surface area contributed by atoms with Crippen LogP contribution in [-0.4, -0.2) is 23.3 Å². The standard InChI is InChI=1S/C16H24O3/c1-11(2)13(17)19-10-15-5-12-4-14(3,7-15)8-16(18,6-12)9-15/h12,18H,1,4-10H2,2-3H3. The lowest BCUT2D eigenvalue weighted by molar-refractivity contribution is -0.209. The average Bonchev–Trinajstić information content (AvgIpc) is 2.20. The maximum atomic E-state index is 11.6. The first kappa shape index (κ1) is 13.2. The third kappa shape index (κ3) is 2.22. The molecule has 4 saturated carbocycles. The zero-order chi connectivity index (χ0) is 13.9. The molecule has 4 unspecified atom stereocenters. The zero-order valence-corrected chi connectivity index (χ0v) is 12.0. The van der Waals surface area contributed by atoms with Crippen LogP contribution >= 0.6 is 0 Å². The van der Waals surface area contributed by atoms with Crippen LogP contribution in [0, 0.1) is 16.7 Å². The Labute approximate surface area is 115 Å². The number of aliphatic hydroxyl groups is 1. The lowest BCUT2D eigenvalue weighted by atomic mass is 9.43. The van der Waals surface area contributed by atoms with Gasteiger partial charge in [-0.1, -0.05) is 13.5 Å². The van der Waals surface area contributed by atoms with E-state index in [4.69, 9.17) is 4.74 Å². The molecule has 4 aliphatic carbocycles. The molecule has 4 fully saturated rings.